The van der Waals surface area contributed by atoms with Gasteiger partial charge in [0, 0.05) is 18.3 Å². The first-order valence-electron chi connectivity index (χ1n) is 9.85. The molecule has 3 aromatic heterocycles. The van der Waals surface area contributed by atoms with Gasteiger partial charge in [-0.05, 0) is 47.3 Å². The highest BCUT2D eigenvalue weighted by molar-refractivity contribution is 7.13. The number of carbonyl (C=O) groups is 2. The summed E-state index contributed by atoms with van der Waals surface area (Å²) in [7, 11) is 1.31. The van der Waals surface area contributed by atoms with Crippen molar-refractivity contribution in [2.45, 2.75) is 6.54 Å². The second-order valence-electron chi connectivity index (χ2n) is 7.01. The highest BCUT2D eigenvalue weighted by Crippen LogP contribution is 2.32. The van der Waals surface area contributed by atoms with E-state index in [1.807, 2.05) is 23.6 Å². The van der Waals surface area contributed by atoms with E-state index in [2.05, 4.69) is 20.0 Å². The molecule has 8 heteroatoms. The van der Waals surface area contributed by atoms with Crippen LogP contribution in [0.4, 0.5) is 4.39 Å². The third-order valence-electron chi connectivity index (χ3n) is 4.88. The number of H-pyrrole nitrogens is 1. The number of carbonyl (C=O) groups excluding carboxylic acids is 2. The van der Waals surface area contributed by atoms with E-state index < -0.39 is 5.97 Å². The van der Waals surface area contributed by atoms with E-state index in [-0.39, 0.29) is 18.1 Å². The minimum absolute atomic E-state index is 0.0824. The average Bonchev–Trinajstić information content (AvgIpc) is 3.50. The van der Waals surface area contributed by atoms with Gasteiger partial charge in [-0.2, -0.15) is 0 Å². The Morgan fingerprint density at radius 1 is 1.16 bits per heavy atom. The molecular formula is C24H20FN3O3S. The standard InChI is InChI=1S/C24H20FN3O3S/c1-31-24(30)16-6-9-18(27-12-16)13-26-14-21(29)23-19(15-4-7-17(25)8-5-15)11-20(28-23)22-3-2-10-32-22/h2-12,26,28H,13-14H2,1H3. The van der Waals surface area contributed by atoms with Crippen LogP contribution in [0.25, 0.3) is 21.7 Å². The van der Waals surface area contributed by atoms with Crippen LogP contribution in [0.1, 0.15) is 26.5 Å². The van der Waals surface area contributed by atoms with Crippen molar-refractivity contribution in [3.8, 4) is 21.7 Å². The van der Waals surface area contributed by atoms with E-state index in [1.54, 1.807) is 35.6 Å². The van der Waals surface area contributed by atoms with Crippen molar-refractivity contribution in [3.63, 3.8) is 0 Å². The summed E-state index contributed by atoms with van der Waals surface area (Å²) in [5, 5.41) is 5.06. The first kappa shape index (κ1) is 21.6. The molecular weight excluding hydrogens is 429 g/mol. The number of Topliss-reactive ketones (excluding diaryl/α,β-unsaturated/α-hetero) is 1. The second-order valence-corrected chi connectivity index (χ2v) is 7.96. The number of rotatable bonds is 8. The maximum absolute atomic E-state index is 13.4. The summed E-state index contributed by atoms with van der Waals surface area (Å²) in [6.07, 6.45) is 1.44. The van der Waals surface area contributed by atoms with Gasteiger partial charge in [-0.25, -0.2) is 9.18 Å². The Kier molecular flexibility index (Phi) is 6.53. The van der Waals surface area contributed by atoms with E-state index in [1.165, 1.54) is 25.4 Å². The molecule has 3 heterocycles. The summed E-state index contributed by atoms with van der Waals surface area (Å²) in [5.74, 6) is -0.907. The van der Waals surface area contributed by atoms with E-state index >= 15 is 0 Å². The smallest absolute Gasteiger partial charge is 0.339 e. The Morgan fingerprint density at radius 2 is 1.97 bits per heavy atom. The summed E-state index contributed by atoms with van der Waals surface area (Å²) in [4.78, 5) is 33.0. The van der Waals surface area contributed by atoms with Gasteiger partial charge in [-0.3, -0.25) is 9.78 Å². The Morgan fingerprint density at radius 3 is 2.62 bits per heavy atom. The number of hydrogen-bond acceptors (Lipinski definition) is 6. The second kappa shape index (κ2) is 9.67. The minimum atomic E-state index is -0.450. The quantitative estimate of drug-likeness (QED) is 0.301. The molecule has 6 nitrogen and oxygen atoms in total. The van der Waals surface area contributed by atoms with Gasteiger partial charge in [0.05, 0.1) is 41.2 Å². The van der Waals surface area contributed by atoms with Gasteiger partial charge in [-0.1, -0.05) is 18.2 Å². The fraction of sp³-hybridized carbons (Fsp3) is 0.125. The van der Waals surface area contributed by atoms with Crippen molar-refractivity contribution in [3.05, 3.63) is 88.9 Å². The molecule has 32 heavy (non-hydrogen) atoms. The number of nitrogens with one attached hydrogen (secondary N) is 2. The number of methoxy groups -OCH3 is 1. The molecule has 0 unspecified atom stereocenters. The van der Waals surface area contributed by atoms with Crippen molar-refractivity contribution in [2.24, 2.45) is 0 Å². The van der Waals surface area contributed by atoms with Crippen LogP contribution in [0.3, 0.4) is 0 Å². The van der Waals surface area contributed by atoms with Gasteiger partial charge >= 0.3 is 5.97 Å². The maximum Gasteiger partial charge on any atom is 0.339 e. The lowest BCUT2D eigenvalue weighted by molar-refractivity contribution is 0.0600. The Balaban J connectivity index is 1.50. The first-order valence-corrected chi connectivity index (χ1v) is 10.7. The fourth-order valence-electron chi connectivity index (χ4n) is 3.26. The van der Waals surface area contributed by atoms with E-state index in [9.17, 15) is 14.0 Å². The van der Waals surface area contributed by atoms with Crippen molar-refractivity contribution in [1.29, 1.82) is 0 Å². The third kappa shape index (κ3) is 4.82. The molecule has 0 fully saturated rings. The zero-order valence-corrected chi connectivity index (χ0v) is 18.0. The fourth-order valence-corrected chi connectivity index (χ4v) is 3.95. The molecule has 0 radical (unpaired) electrons. The molecule has 0 atom stereocenters. The summed E-state index contributed by atoms with van der Waals surface area (Å²) in [6, 6.07) is 15.2. The molecule has 0 aliphatic rings. The number of nitrogens with zero attached hydrogens (tertiary/aromatic N) is 1. The number of esters is 1. The van der Waals surface area contributed by atoms with Gasteiger partial charge in [0.1, 0.15) is 5.82 Å². The maximum atomic E-state index is 13.4. The SMILES string of the molecule is COC(=O)c1ccc(CNCC(=O)c2[nH]c(-c3cccs3)cc2-c2ccc(F)cc2)nc1. The normalized spacial score (nSPS) is 10.8. The number of aromatic nitrogens is 2. The highest BCUT2D eigenvalue weighted by atomic mass is 32.1. The van der Waals surface area contributed by atoms with Gasteiger partial charge < -0.3 is 15.0 Å². The number of aromatic amines is 1. The molecule has 0 spiro atoms. The molecule has 162 valence electrons. The van der Waals surface area contributed by atoms with Crippen LogP contribution in [0.15, 0.2) is 66.2 Å². The van der Waals surface area contributed by atoms with Gasteiger partial charge in [0.2, 0.25) is 0 Å². The Labute approximate surface area is 188 Å². The third-order valence-corrected chi connectivity index (χ3v) is 5.78. The van der Waals surface area contributed by atoms with Crippen molar-refractivity contribution in [2.75, 3.05) is 13.7 Å². The summed E-state index contributed by atoms with van der Waals surface area (Å²) < 4.78 is 18.1. The minimum Gasteiger partial charge on any atom is -0.465 e. The lowest BCUT2D eigenvalue weighted by Gasteiger charge is -2.06. The van der Waals surface area contributed by atoms with Crippen LogP contribution in [0.5, 0.6) is 0 Å². The number of halogens is 1. The topological polar surface area (TPSA) is 84.1 Å². The predicted octanol–water partition coefficient (Wildman–Crippen LogP) is 4.70. The molecule has 2 N–H and O–H groups in total. The van der Waals surface area contributed by atoms with Gasteiger partial charge in [0.25, 0.3) is 0 Å². The van der Waals surface area contributed by atoms with Gasteiger partial charge in [0.15, 0.2) is 5.78 Å². The zero-order valence-electron chi connectivity index (χ0n) is 17.2. The Hall–Kier alpha value is -3.62. The number of pyridine rings is 1. The number of ketones is 1. The number of benzene rings is 1. The lowest BCUT2D eigenvalue weighted by Crippen LogP contribution is -2.23. The molecule has 1 aromatic carbocycles. The first-order chi connectivity index (χ1) is 15.5. The van der Waals surface area contributed by atoms with Crippen molar-refractivity contribution < 1.29 is 18.7 Å². The monoisotopic (exact) mass is 449 g/mol. The summed E-state index contributed by atoms with van der Waals surface area (Å²) in [6.45, 7) is 0.441. The predicted molar refractivity (Wildman–Crippen MR) is 121 cm³/mol. The van der Waals surface area contributed by atoms with Gasteiger partial charge in [-0.15, -0.1) is 11.3 Å². The van der Waals surface area contributed by atoms with Crippen LogP contribution in [0.2, 0.25) is 0 Å². The van der Waals surface area contributed by atoms with Crippen molar-refractivity contribution >= 4 is 23.1 Å². The number of thiophene rings is 1. The average molecular weight is 450 g/mol. The number of hydrogen-bond donors (Lipinski definition) is 2. The summed E-state index contributed by atoms with van der Waals surface area (Å²) in [5.41, 5.74) is 3.83. The molecule has 4 rings (SSSR count). The number of ether oxygens (including phenoxy) is 1. The van der Waals surface area contributed by atoms with E-state index in [0.29, 0.717) is 23.5 Å². The van der Waals surface area contributed by atoms with Crippen molar-refractivity contribution in [1.82, 2.24) is 15.3 Å². The molecule has 0 amide bonds. The van der Waals surface area contributed by atoms with Crippen LogP contribution in [-0.4, -0.2) is 35.4 Å². The van der Waals surface area contributed by atoms with Crippen LogP contribution in [0, 0.1) is 5.82 Å². The van der Waals surface area contributed by atoms with Crippen LogP contribution >= 0.6 is 11.3 Å². The Bertz CT molecular complexity index is 1220. The molecule has 0 aliphatic carbocycles. The summed E-state index contributed by atoms with van der Waals surface area (Å²) >= 11 is 1.57. The molecule has 4 aromatic rings. The zero-order chi connectivity index (χ0) is 22.5. The molecule has 0 saturated heterocycles. The largest absolute Gasteiger partial charge is 0.465 e. The van der Waals surface area contributed by atoms with Crippen LogP contribution in [-0.2, 0) is 11.3 Å². The molecule has 0 bridgehead atoms. The van der Waals surface area contributed by atoms with E-state index in [4.69, 9.17) is 0 Å². The molecule has 0 saturated carbocycles. The lowest BCUT2D eigenvalue weighted by atomic mass is 10.0. The van der Waals surface area contributed by atoms with E-state index in [0.717, 1.165) is 21.7 Å². The van der Waals surface area contributed by atoms with Crippen LogP contribution < -0.4 is 5.32 Å². The highest BCUT2D eigenvalue weighted by Gasteiger charge is 2.18. The molecule has 0 aliphatic heterocycles.